The highest BCUT2D eigenvalue weighted by Gasteiger charge is 2.47. The summed E-state index contributed by atoms with van der Waals surface area (Å²) in [6.07, 6.45) is 0.275. The normalized spacial score (nSPS) is 25.1. The van der Waals surface area contributed by atoms with Gasteiger partial charge in [0.15, 0.2) is 0 Å². The first-order chi connectivity index (χ1) is 10.1. The third-order valence-corrected chi connectivity index (χ3v) is 4.20. The molecule has 1 heterocycles. The van der Waals surface area contributed by atoms with Crippen LogP contribution in [0.2, 0.25) is 0 Å². The zero-order chi connectivity index (χ0) is 16.5. The summed E-state index contributed by atoms with van der Waals surface area (Å²) in [5.41, 5.74) is -0.0244. The van der Waals surface area contributed by atoms with Crippen molar-refractivity contribution < 1.29 is 14.3 Å². The number of carbonyl (C=O) groups is 2. The molecule has 2 rings (SSSR count). The van der Waals surface area contributed by atoms with Crippen LogP contribution in [0.25, 0.3) is 0 Å². The SMILES string of the molecule is CC(=O)[C@]1(C)C[C@H](c2ccccc2)N(C(=O)OC(C)(C)C)C1. The summed E-state index contributed by atoms with van der Waals surface area (Å²) in [5, 5.41) is 0. The Labute approximate surface area is 132 Å². The van der Waals surface area contributed by atoms with E-state index in [1.165, 1.54) is 0 Å². The fourth-order valence-corrected chi connectivity index (χ4v) is 2.83. The second-order valence-electron chi connectivity index (χ2n) is 7.36. The van der Waals surface area contributed by atoms with E-state index in [-0.39, 0.29) is 17.9 Å². The van der Waals surface area contributed by atoms with Gasteiger partial charge in [-0.15, -0.1) is 0 Å². The van der Waals surface area contributed by atoms with Gasteiger partial charge in [-0.1, -0.05) is 37.3 Å². The van der Waals surface area contributed by atoms with Gasteiger partial charge in [0, 0.05) is 12.0 Å². The molecule has 0 aromatic heterocycles. The predicted octanol–water partition coefficient (Wildman–Crippen LogP) is 3.96. The summed E-state index contributed by atoms with van der Waals surface area (Å²) in [4.78, 5) is 26.3. The Balaban J connectivity index is 2.31. The number of hydrogen-bond acceptors (Lipinski definition) is 3. The minimum absolute atomic E-state index is 0.111. The third kappa shape index (κ3) is 3.49. The summed E-state index contributed by atoms with van der Waals surface area (Å²) in [7, 11) is 0. The van der Waals surface area contributed by atoms with Crippen LogP contribution in [0.1, 0.15) is 52.6 Å². The van der Waals surface area contributed by atoms with Crippen molar-refractivity contribution in [2.24, 2.45) is 5.41 Å². The van der Waals surface area contributed by atoms with E-state index in [0.717, 1.165) is 5.56 Å². The van der Waals surface area contributed by atoms with Crippen molar-refractivity contribution >= 4 is 11.9 Å². The molecule has 1 saturated heterocycles. The molecule has 0 N–H and O–H groups in total. The number of rotatable bonds is 2. The van der Waals surface area contributed by atoms with Crippen LogP contribution in [-0.4, -0.2) is 28.9 Å². The quantitative estimate of drug-likeness (QED) is 0.830. The van der Waals surface area contributed by atoms with Gasteiger partial charge in [-0.05, 0) is 39.7 Å². The topological polar surface area (TPSA) is 46.6 Å². The first kappa shape index (κ1) is 16.5. The van der Waals surface area contributed by atoms with Gasteiger partial charge in [0.2, 0.25) is 0 Å². The second kappa shape index (κ2) is 5.75. The number of carbonyl (C=O) groups excluding carboxylic acids is 2. The summed E-state index contributed by atoms with van der Waals surface area (Å²) in [5.74, 6) is 0.111. The second-order valence-corrected chi connectivity index (χ2v) is 7.36. The van der Waals surface area contributed by atoms with E-state index >= 15 is 0 Å². The Morgan fingerprint density at radius 3 is 2.32 bits per heavy atom. The lowest BCUT2D eigenvalue weighted by Crippen LogP contribution is -2.38. The lowest BCUT2D eigenvalue weighted by atomic mass is 9.83. The van der Waals surface area contributed by atoms with Crippen LogP contribution in [0.4, 0.5) is 4.79 Å². The summed E-state index contributed by atoms with van der Waals surface area (Å²) in [6, 6.07) is 9.71. The number of ketones is 1. The average Bonchev–Trinajstić information content (AvgIpc) is 2.78. The lowest BCUT2D eigenvalue weighted by Gasteiger charge is -2.29. The number of hydrogen-bond donors (Lipinski definition) is 0. The first-order valence-corrected chi connectivity index (χ1v) is 7.68. The van der Waals surface area contributed by atoms with Crippen LogP contribution in [0.15, 0.2) is 30.3 Å². The number of amides is 1. The Bertz CT molecular complexity index is 561. The van der Waals surface area contributed by atoms with Crippen molar-refractivity contribution in [3.63, 3.8) is 0 Å². The van der Waals surface area contributed by atoms with E-state index in [9.17, 15) is 9.59 Å². The molecule has 0 radical (unpaired) electrons. The fourth-order valence-electron chi connectivity index (χ4n) is 2.83. The highest BCUT2D eigenvalue weighted by molar-refractivity contribution is 5.84. The van der Waals surface area contributed by atoms with Crippen molar-refractivity contribution in [3.8, 4) is 0 Å². The largest absolute Gasteiger partial charge is 0.444 e. The predicted molar refractivity (Wildman–Crippen MR) is 85.5 cm³/mol. The van der Waals surface area contributed by atoms with Crippen molar-refractivity contribution in [3.05, 3.63) is 35.9 Å². The number of nitrogens with zero attached hydrogens (tertiary/aromatic N) is 1. The van der Waals surface area contributed by atoms with Gasteiger partial charge >= 0.3 is 6.09 Å². The molecule has 0 saturated carbocycles. The Morgan fingerprint density at radius 2 is 1.82 bits per heavy atom. The van der Waals surface area contributed by atoms with Crippen LogP contribution in [0.3, 0.4) is 0 Å². The first-order valence-electron chi connectivity index (χ1n) is 7.68. The highest BCUT2D eigenvalue weighted by atomic mass is 16.6. The molecule has 120 valence electrons. The molecular formula is C18H25NO3. The molecule has 1 aromatic rings. The molecule has 4 nitrogen and oxygen atoms in total. The molecule has 0 unspecified atom stereocenters. The van der Waals surface area contributed by atoms with Crippen molar-refractivity contribution in [1.29, 1.82) is 0 Å². The lowest BCUT2D eigenvalue weighted by molar-refractivity contribution is -0.125. The van der Waals surface area contributed by atoms with E-state index in [4.69, 9.17) is 4.74 Å². The van der Waals surface area contributed by atoms with Crippen molar-refractivity contribution in [2.45, 2.75) is 52.7 Å². The van der Waals surface area contributed by atoms with Gasteiger partial charge < -0.3 is 9.64 Å². The summed E-state index contributed by atoms with van der Waals surface area (Å²) < 4.78 is 5.52. The molecule has 1 fully saturated rings. The van der Waals surface area contributed by atoms with Gasteiger partial charge in [-0.3, -0.25) is 4.79 Å². The van der Waals surface area contributed by atoms with Crippen LogP contribution in [0.5, 0.6) is 0 Å². The standard InChI is InChI=1S/C18H25NO3/c1-13(20)18(5)11-15(14-9-7-6-8-10-14)19(12-18)16(21)22-17(2,3)4/h6-10,15H,11-12H2,1-5H3/t15-,18-/m1/s1. The Kier molecular flexibility index (Phi) is 4.32. The van der Waals surface area contributed by atoms with E-state index < -0.39 is 11.0 Å². The summed E-state index contributed by atoms with van der Waals surface area (Å²) in [6.45, 7) is 9.47. The van der Waals surface area contributed by atoms with Crippen molar-refractivity contribution in [1.82, 2.24) is 4.90 Å². The van der Waals surface area contributed by atoms with E-state index in [1.54, 1.807) is 11.8 Å². The highest BCUT2D eigenvalue weighted by Crippen LogP contribution is 2.44. The average molecular weight is 303 g/mol. The van der Waals surface area contributed by atoms with Crippen LogP contribution >= 0.6 is 0 Å². The summed E-state index contributed by atoms with van der Waals surface area (Å²) >= 11 is 0. The Hall–Kier alpha value is -1.84. The third-order valence-electron chi connectivity index (χ3n) is 4.20. The smallest absolute Gasteiger partial charge is 0.410 e. The molecule has 1 amide bonds. The van der Waals surface area contributed by atoms with Gasteiger partial charge in [0.25, 0.3) is 0 Å². The molecular weight excluding hydrogens is 278 g/mol. The van der Waals surface area contributed by atoms with Crippen LogP contribution in [0, 0.1) is 5.41 Å². The number of benzene rings is 1. The molecule has 1 aliphatic rings. The number of likely N-dealkylation sites (tertiary alicyclic amines) is 1. The molecule has 4 heteroatoms. The van der Waals surface area contributed by atoms with E-state index in [0.29, 0.717) is 13.0 Å². The molecule has 0 bridgehead atoms. The maximum atomic E-state index is 12.5. The maximum absolute atomic E-state index is 12.5. The van der Waals surface area contributed by atoms with Gasteiger partial charge in [0.1, 0.15) is 11.4 Å². The zero-order valence-corrected chi connectivity index (χ0v) is 14.1. The minimum Gasteiger partial charge on any atom is -0.444 e. The molecule has 0 spiro atoms. The maximum Gasteiger partial charge on any atom is 0.410 e. The number of ether oxygens (including phenoxy) is 1. The Morgan fingerprint density at radius 1 is 1.23 bits per heavy atom. The molecule has 22 heavy (non-hydrogen) atoms. The molecule has 1 aliphatic heterocycles. The van der Waals surface area contributed by atoms with E-state index in [1.807, 2.05) is 58.0 Å². The van der Waals surface area contributed by atoms with Gasteiger partial charge in [-0.25, -0.2) is 4.79 Å². The van der Waals surface area contributed by atoms with E-state index in [2.05, 4.69) is 0 Å². The molecule has 1 aromatic carbocycles. The molecule has 2 atom stereocenters. The number of Topliss-reactive ketones (excluding diaryl/α,β-unsaturated/α-hetero) is 1. The minimum atomic E-state index is -0.548. The monoisotopic (exact) mass is 303 g/mol. The van der Waals surface area contributed by atoms with Gasteiger partial charge in [0.05, 0.1) is 6.04 Å². The van der Waals surface area contributed by atoms with Crippen LogP contribution < -0.4 is 0 Å². The molecule has 0 aliphatic carbocycles. The van der Waals surface area contributed by atoms with Gasteiger partial charge in [-0.2, -0.15) is 0 Å². The van der Waals surface area contributed by atoms with Crippen molar-refractivity contribution in [2.75, 3.05) is 6.54 Å². The fraction of sp³-hybridized carbons (Fsp3) is 0.556. The zero-order valence-electron chi connectivity index (χ0n) is 14.1. The van der Waals surface area contributed by atoms with Crippen LogP contribution in [-0.2, 0) is 9.53 Å².